The van der Waals surface area contributed by atoms with Crippen molar-refractivity contribution in [1.29, 1.82) is 0 Å². The van der Waals surface area contributed by atoms with E-state index in [0.29, 0.717) is 18.5 Å². The monoisotopic (exact) mass is 376 g/mol. The zero-order chi connectivity index (χ0) is 17.7. The Morgan fingerprint density at radius 3 is 2.60 bits per heavy atom. The van der Waals surface area contributed by atoms with Crippen molar-refractivity contribution < 1.29 is 14.7 Å². The molecule has 0 saturated carbocycles. The molecule has 1 amide bonds. The lowest BCUT2D eigenvalue weighted by molar-refractivity contribution is -0.148. The predicted octanol–water partition coefficient (Wildman–Crippen LogP) is 2.74. The number of carbonyl (C=O) groups excluding carboxylic acids is 1. The van der Waals surface area contributed by atoms with Crippen LogP contribution < -0.4 is 5.32 Å². The first-order chi connectivity index (χ1) is 12.1. The molecule has 3 rings (SSSR count). The van der Waals surface area contributed by atoms with E-state index >= 15 is 0 Å². The summed E-state index contributed by atoms with van der Waals surface area (Å²) in [6.45, 7) is 0. The van der Waals surface area contributed by atoms with E-state index < -0.39 is 11.5 Å². The Bertz CT molecular complexity index is 740. The number of benzene rings is 1. The van der Waals surface area contributed by atoms with Crippen LogP contribution in [0.2, 0.25) is 0 Å². The number of thiazole rings is 1. The van der Waals surface area contributed by atoms with E-state index in [9.17, 15) is 14.7 Å². The molecule has 0 bridgehead atoms. The van der Waals surface area contributed by atoms with Crippen LogP contribution in [0.3, 0.4) is 0 Å². The second kappa shape index (κ2) is 8.01. The second-order valence-corrected chi connectivity index (χ2v) is 8.29. The number of carboxylic acid groups (broad SMARTS) is 1. The molecule has 7 heteroatoms. The van der Waals surface area contributed by atoms with Crippen LogP contribution in [0.1, 0.15) is 29.1 Å². The third-order valence-corrected chi connectivity index (χ3v) is 6.16. The number of rotatable bonds is 6. The van der Waals surface area contributed by atoms with Gasteiger partial charge in [0, 0.05) is 11.8 Å². The molecule has 2 N–H and O–H groups in total. The number of aromatic nitrogens is 1. The van der Waals surface area contributed by atoms with Gasteiger partial charge in [-0.1, -0.05) is 30.3 Å². The number of aliphatic carboxylic acids is 1. The molecule has 2 aromatic rings. The molecule has 0 unspecified atom stereocenters. The van der Waals surface area contributed by atoms with Crippen LogP contribution >= 0.6 is 23.1 Å². The lowest BCUT2D eigenvalue weighted by Gasteiger charge is -2.33. The maximum atomic E-state index is 12.3. The van der Waals surface area contributed by atoms with Crippen molar-refractivity contribution in [2.75, 3.05) is 11.5 Å². The Hall–Kier alpha value is -1.86. The summed E-state index contributed by atoms with van der Waals surface area (Å²) in [5.41, 5.74) is 0.752. The molecule has 0 atom stereocenters. The average molecular weight is 377 g/mol. The van der Waals surface area contributed by atoms with E-state index in [4.69, 9.17) is 0 Å². The van der Waals surface area contributed by atoms with E-state index in [2.05, 4.69) is 10.3 Å². The largest absolute Gasteiger partial charge is 0.480 e. The van der Waals surface area contributed by atoms with Gasteiger partial charge in [-0.3, -0.25) is 4.79 Å². The first-order valence-electron chi connectivity index (χ1n) is 8.17. The molecule has 1 aromatic heterocycles. The summed E-state index contributed by atoms with van der Waals surface area (Å²) < 4.78 is 0. The van der Waals surface area contributed by atoms with E-state index in [0.717, 1.165) is 22.9 Å². The number of thioether (sulfide) groups is 1. The summed E-state index contributed by atoms with van der Waals surface area (Å²) in [4.78, 5) is 28.5. The van der Waals surface area contributed by atoms with Crippen LogP contribution in [0.4, 0.5) is 0 Å². The van der Waals surface area contributed by atoms with Gasteiger partial charge in [-0.25, -0.2) is 9.78 Å². The minimum Gasteiger partial charge on any atom is -0.480 e. The van der Waals surface area contributed by atoms with Gasteiger partial charge in [0.15, 0.2) is 0 Å². The Balaban J connectivity index is 1.60. The molecule has 25 heavy (non-hydrogen) atoms. The zero-order valence-corrected chi connectivity index (χ0v) is 15.4. The topological polar surface area (TPSA) is 79.3 Å². The Labute approximate surface area is 154 Å². The fourth-order valence-electron chi connectivity index (χ4n) is 2.87. The number of nitrogens with one attached hydrogen (secondary N) is 1. The van der Waals surface area contributed by atoms with Crippen molar-refractivity contribution in [2.45, 2.75) is 31.2 Å². The molecule has 1 saturated heterocycles. The highest BCUT2D eigenvalue weighted by Gasteiger charge is 2.41. The molecule has 0 aliphatic carbocycles. The van der Waals surface area contributed by atoms with Crippen molar-refractivity contribution in [2.24, 2.45) is 0 Å². The molecular weight excluding hydrogens is 356 g/mol. The van der Waals surface area contributed by atoms with Gasteiger partial charge in [-0.15, -0.1) is 11.3 Å². The lowest BCUT2D eigenvalue weighted by atomic mass is 9.92. The van der Waals surface area contributed by atoms with Gasteiger partial charge >= 0.3 is 5.97 Å². The summed E-state index contributed by atoms with van der Waals surface area (Å²) >= 11 is 3.25. The molecular formula is C18H20N2O3S2. The quantitative estimate of drug-likeness (QED) is 0.810. The summed E-state index contributed by atoms with van der Waals surface area (Å²) in [5, 5.41) is 15.1. The number of hydrogen-bond donors (Lipinski definition) is 2. The SMILES string of the molecule is O=C(Cc1csc(Cc2ccccc2)n1)NC1(C(=O)O)CCSCC1. The van der Waals surface area contributed by atoms with Gasteiger partial charge in [0.05, 0.1) is 17.1 Å². The summed E-state index contributed by atoms with van der Waals surface area (Å²) in [6.07, 6.45) is 1.79. The molecule has 1 aliphatic rings. The van der Waals surface area contributed by atoms with Gasteiger partial charge in [0.1, 0.15) is 5.54 Å². The number of nitrogens with zero attached hydrogens (tertiary/aromatic N) is 1. The van der Waals surface area contributed by atoms with Crippen LogP contribution in [0, 0.1) is 0 Å². The Morgan fingerprint density at radius 2 is 1.92 bits per heavy atom. The van der Waals surface area contributed by atoms with E-state index in [1.807, 2.05) is 35.7 Å². The van der Waals surface area contributed by atoms with Crippen LogP contribution in [-0.2, 0) is 22.4 Å². The van der Waals surface area contributed by atoms with Crippen LogP contribution in [0.25, 0.3) is 0 Å². The van der Waals surface area contributed by atoms with Crippen molar-refractivity contribution in [3.8, 4) is 0 Å². The molecule has 0 spiro atoms. The highest BCUT2D eigenvalue weighted by Crippen LogP contribution is 2.27. The van der Waals surface area contributed by atoms with Gasteiger partial charge in [0.25, 0.3) is 0 Å². The van der Waals surface area contributed by atoms with E-state index in [1.54, 1.807) is 11.8 Å². The highest BCUT2D eigenvalue weighted by molar-refractivity contribution is 7.99. The molecule has 2 heterocycles. The van der Waals surface area contributed by atoms with Crippen molar-refractivity contribution in [3.63, 3.8) is 0 Å². The minimum absolute atomic E-state index is 0.119. The Kier molecular flexibility index (Phi) is 5.75. The molecule has 5 nitrogen and oxygen atoms in total. The maximum Gasteiger partial charge on any atom is 0.329 e. The average Bonchev–Trinajstić information content (AvgIpc) is 3.03. The molecule has 1 fully saturated rings. The molecule has 0 radical (unpaired) electrons. The van der Waals surface area contributed by atoms with Crippen LogP contribution in [0.5, 0.6) is 0 Å². The van der Waals surface area contributed by atoms with Gasteiger partial charge < -0.3 is 10.4 Å². The van der Waals surface area contributed by atoms with E-state index in [-0.39, 0.29) is 12.3 Å². The number of carbonyl (C=O) groups is 2. The molecule has 1 aliphatic heterocycles. The fourth-order valence-corrected chi connectivity index (χ4v) is 4.89. The standard InChI is InChI=1S/C18H20N2O3S2/c21-15(20-18(17(22)23)6-8-24-9-7-18)11-14-12-25-16(19-14)10-13-4-2-1-3-5-13/h1-5,12H,6-11H2,(H,20,21)(H,22,23). The molecule has 1 aromatic carbocycles. The zero-order valence-electron chi connectivity index (χ0n) is 13.7. The third-order valence-electron chi connectivity index (χ3n) is 4.27. The van der Waals surface area contributed by atoms with Crippen molar-refractivity contribution >= 4 is 35.0 Å². The number of hydrogen-bond acceptors (Lipinski definition) is 5. The van der Waals surface area contributed by atoms with Gasteiger partial charge in [-0.2, -0.15) is 11.8 Å². The van der Waals surface area contributed by atoms with Crippen LogP contribution in [-0.4, -0.2) is 39.0 Å². The molecule has 132 valence electrons. The maximum absolute atomic E-state index is 12.3. The smallest absolute Gasteiger partial charge is 0.329 e. The minimum atomic E-state index is -1.12. The fraction of sp³-hybridized carbons (Fsp3) is 0.389. The predicted molar refractivity (Wildman–Crippen MR) is 100 cm³/mol. The number of amides is 1. The summed E-state index contributed by atoms with van der Waals surface area (Å²) in [6, 6.07) is 10.1. The lowest BCUT2D eigenvalue weighted by Crippen LogP contribution is -2.56. The van der Waals surface area contributed by atoms with Crippen molar-refractivity contribution in [3.05, 3.63) is 52.0 Å². The van der Waals surface area contributed by atoms with Gasteiger partial charge in [-0.05, 0) is 29.9 Å². The first kappa shape index (κ1) is 17.9. The number of carboxylic acids is 1. The third kappa shape index (κ3) is 4.61. The van der Waals surface area contributed by atoms with Crippen LogP contribution in [0.15, 0.2) is 35.7 Å². The van der Waals surface area contributed by atoms with E-state index in [1.165, 1.54) is 16.9 Å². The first-order valence-corrected chi connectivity index (χ1v) is 10.2. The summed E-state index contributed by atoms with van der Waals surface area (Å²) in [7, 11) is 0. The normalized spacial score (nSPS) is 16.3. The van der Waals surface area contributed by atoms with Crippen molar-refractivity contribution in [1.82, 2.24) is 10.3 Å². The highest BCUT2D eigenvalue weighted by atomic mass is 32.2. The van der Waals surface area contributed by atoms with Gasteiger partial charge in [0.2, 0.25) is 5.91 Å². The Morgan fingerprint density at radius 1 is 1.20 bits per heavy atom. The summed E-state index contributed by atoms with van der Waals surface area (Å²) in [5.74, 6) is 0.296. The second-order valence-electron chi connectivity index (χ2n) is 6.12.